The van der Waals surface area contributed by atoms with Crippen molar-refractivity contribution in [2.75, 3.05) is 19.8 Å². The Labute approximate surface area is 105 Å². The number of carbonyl (C=O) groups is 1. The average Bonchev–Trinajstić information content (AvgIpc) is 2.28. The molecule has 0 aliphatic rings. The molecule has 0 spiro atoms. The maximum atomic E-state index is 11.5. The molecule has 1 aromatic heterocycles. The molecule has 6 heteroatoms. The largest absolute Gasteiger partial charge is 0.375 e. The first-order valence-corrected chi connectivity index (χ1v) is 5.45. The molecule has 17 heavy (non-hydrogen) atoms. The molecule has 0 bridgehead atoms. The lowest BCUT2D eigenvalue weighted by atomic mass is 10.4. The molecule has 92 valence electrons. The van der Waals surface area contributed by atoms with Crippen molar-refractivity contribution < 1.29 is 9.53 Å². The molecule has 1 heterocycles. The first-order valence-electron chi connectivity index (χ1n) is 5.07. The predicted octanol–water partition coefficient (Wildman–Crippen LogP) is 1.45. The minimum atomic E-state index is -0.320. The van der Waals surface area contributed by atoms with Crippen LogP contribution in [0.15, 0.2) is 24.5 Å². The van der Waals surface area contributed by atoms with E-state index in [-0.39, 0.29) is 16.8 Å². The molecule has 0 unspecified atom stereocenters. The van der Waals surface area contributed by atoms with Crippen molar-refractivity contribution in [1.82, 2.24) is 15.3 Å². The van der Waals surface area contributed by atoms with Gasteiger partial charge in [0.2, 0.25) is 0 Å². The van der Waals surface area contributed by atoms with Crippen LogP contribution in [0.1, 0.15) is 17.4 Å². The van der Waals surface area contributed by atoms with Crippen LogP contribution in [0.3, 0.4) is 0 Å². The average molecular weight is 256 g/mol. The van der Waals surface area contributed by atoms with E-state index in [2.05, 4.69) is 21.9 Å². The van der Waals surface area contributed by atoms with Crippen molar-refractivity contribution >= 4 is 17.5 Å². The van der Waals surface area contributed by atoms with Gasteiger partial charge in [-0.2, -0.15) is 0 Å². The van der Waals surface area contributed by atoms with E-state index in [1.165, 1.54) is 12.4 Å². The van der Waals surface area contributed by atoms with Crippen molar-refractivity contribution in [3.05, 3.63) is 35.4 Å². The van der Waals surface area contributed by atoms with E-state index >= 15 is 0 Å². The third-order valence-electron chi connectivity index (χ3n) is 1.72. The van der Waals surface area contributed by atoms with Crippen molar-refractivity contribution in [3.63, 3.8) is 0 Å². The Morgan fingerprint density at radius 2 is 2.35 bits per heavy atom. The summed E-state index contributed by atoms with van der Waals surface area (Å²) in [5, 5.41) is 2.84. The number of carbonyl (C=O) groups excluding carboxylic acids is 1. The number of rotatable bonds is 6. The number of hydrogen-bond acceptors (Lipinski definition) is 4. The summed E-state index contributed by atoms with van der Waals surface area (Å²) in [6.45, 7) is 6.89. The van der Waals surface area contributed by atoms with E-state index in [9.17, 15) is 4.79 Å². The highest BCUT2D eigenvalue weighted by molar-refractivity contribution is 6.29. The topological polar surface area (TPSA) is 64.1 Å². The van der Waals surface area contributed by atoms with E-state index in [4.69, 9.17) is 16.3 Å². The zero-order chi connectivity index (χ0) is 12.7. The number of hydrogen-bond donors (Lipinski definition) is 1. The monoisotopic (exact) mass is 255 g/mol. The van der Waals surface area contributed by atoms with E-state index < -0.39 is 0 Å². The number of amides is 1. The zero-order valence-corrected chi connectivity index (χ0v) is 10.3. The van der Waals surface area contributed by atoms with E-state index in [0.717, 1.165) is 5.57 Å². The van der Waals surface area contributed by atoms with Crippen molar-refractivity contribution in [2.24, 2.45) is 0 Å². The summed E-state index contributed by atoms with van der Waals surface area (Å²) in [6.07, 6.45) is 2.73. The molecule has 0 atom stereocenters. The van der Waals surface area contributed by atoms with Crippen LogP contribution in [0.25, 0.3) is 0 Å². The zero-order valence-electron chi connectivity index (χ0n) is 9.57. The molecule has 0 saturated carbocycles. The van der Waals surface area contributed by atoms with Gasteiger partial charge in [-0.15, -0.1) is 0 Å². The normalized spacial score (nSPS) is 10.0. The smallest absolute Gasteiger partial charge is 0.271 e. The lowest BCUT2D eigenvalue weighted by Gasteiger charge is -2.05. The Balaban J connectivity index is 2.28. The third-order valence-corrected chi connectivity index (χ3v) is 1.90. The molecule has 0 aliphatic heterocycles. The van der Waals surface area contributed by atoms with Gasteiger partial charge in [-0.05, 0) is 6.92 Å². The summed E-state index contributed by atoms with van der Waals surface area (Å²) >= 11 is 5.62. The fourth-order valence-corrected chi connectivity index (χ4v) is 1.17. The molecule has 0 saturated heterocycles. The molecule has 5 nitrogen and oxygen atoms in total. The summed E-state index contributed by atoms with van der Waals surface area (Å²) < 4.78 is 5.23. The standard InChI is InChI=1S/C11H14ClN3O2/c1-8(2)7-17-4-3-14-11(16)9-5-13-6-10(12)15-9/h5-6H,1,3-4,7H2,2H3,(H,14,16). The molecular weight excluding hydrogens is 242 g/mol. The molecule has 0 fully saturated rings. The van der Waals surface area contributed by atoms with Crippen LogP contribution in [-0.2, 0) is 4.74 Å². The first kappa shape index (κ1) is 13.6. The number of nitrogens with zero attached hydrogens (tertiary/aromatic N) is 2. The Morgan fingerprint density at radius 3 is 3.00 bits per heavy atom. The van der Waals surface area contributed by atoms with Gasteiger partial charge in [0.1, 0.15) is 10.8 Å². The molecule has 0 aliphatic carbocycles. The van der Waals surface area contributed by atoms with Gasteiger partial charge in [0.15, 0.2) is 0 Å². The van der Waals surface area contributed by atoms with Gasteiger partial charge in [-0.3, -0.25) is 9.78 Å². The summed E-state index contributed by atoms with van der Waals surface area (Å²) in [5.41, 5.74) is 1.13. The number of nitrogens with one attached hydrogen (secondary N) is 1. The van der Waals surface area contributed by atoms with Crippen LogP contribution in [0.4, 0.5) is 0 Å². The maximum Gasteiger partial charge on any atom is 0.271 e. The third kappa shape index (κ3) is 5.42. The minimum absolute atomic E-state index is 0.191. The number of halogens is 1. The fourth-order valence-electron chi connectivity index (χ4n) is 1.03. The Kier molecular flexibility index (Phi) is 5.59. The highest BCUT2D eigenvalue weighted by Crippen LogP contribution is 2.01. The molecule has 0 radical (unpaired) electrons. The highest BCUT2D eigenvalue weighted by Gasteiger charge is 2.07. The van der Waals surface area contributed by atoms with Gasteiger partial charge in [-0.1, -0.05) is 23.8 Å². The van der Waals surface area contributed by atoms with Gasteiger partial charge < -0.3 is 10.1 Å². The summed E-state index contributed by atoms with van der Waals surface area (Å²) in [7, 11) is 0. The Bertz CT molecular complexity index is 409. The van der Waals surface area contributed by atoms with Crippen LogP contribution < -0.4 is 5.32 Å². The van der Waals surface area contributed by atoms with E-state index in [1.807, 2.05) is 6.92 Å². The molecule has 0 aromatic carbocycles. The fraction of sp³-hybridized carbons (Fsp3) is 0.364. The molecule has 1 aromatic rings. The predicted molar refractivity (Wildman–Crippen MR) is 65.0 cm³/mol. The van der Waals surface area contributed by atoms with Crippen LogP contribution in [-0.4, -0.2) is 35.6 Å². The van der Waals surface area contributed by atoms with Crippen LogP contribution in [0, 0.1) is 0 Å². The van der Waals surface area contributed by atoms with Crippen molar-refractivity contribution in [2.45, 2.75) is 6.92 Å². The van der Waals surface area contributed by atoms with Crippen LogP contribution in [0.5, 0.6) is 0 Å². The van der Waals surface area contributed by atoms with E-state index in [1.54, 1.807) is 0 Å². The molecule has 1 N–H and O–H groups in total. The van der Waals surface area contributed by atoms with Crippen molar-refractivity contribution in [1.29, 1.82) is 0 Å². The Morgan fingerprint density at radius 1 is 1.59 bits per heavy atom. The molecule has 1 amide bonds. The lowest BCUT2D eigenvalue weighted by molar-refractivity contribution is 0.0921. The van der Waals surface area contributed by atoms with Crippen molar-refractivity contribution in [3.8, 4) is 0 Å². The van der Waals surface area contributed by atoms with Gasteiger partial charge >= 0.3 is 0 Å². The maximum absolute atomic E-state index is 11.5. The number of ether oxygens (including phenoxy) is 1. The summed E-state index contributed by atoms with van der Waals surface area (Å²) in [6, 6.07) is 0. The quantitative estimate of drug-likeness (QED) is 0.617. The minimum Gasteiger partial charge on any atom is -0.375 e. The summed E-state index contributed by atoms with van der Waals surface area (Å²) in [4.78, 5) is 19.2. The second-order valence-corrected chi connectivity index (χ2v) is 3.88. The van der Waals surface area contributed by atoms with Gasteiger partial charge in [-0.25, -0.2) is 4.98 Å². The van der Waals surface area contributed by atoms with Crippen LogP contribution >= 0.6 is 11.6 Å². The lowest BCUT2D eigenvalue weighted by Crippen LogP contribution is -2.28. The second-order valence-electron chi connectivity index (χ2n) is 3.49. The molecule has 1 rings (SSSR count). The number of aromatic nitrogens is 2. The van der Waals surface area contributed by atoms with Crippen LogP contribution in [0.2, 0.25) is 5.15 Å². The first-order chi connectivity index (χ1) is 8.09. The SMILES string of the molecule is C=C(C)COCCNC(=O)c1cncc(Cl)n1. The summed E-state index contributed by atoms with van der Waals surface area (Å²) in [5.74, 6) is -0.320. The van der Waals surface area contributed by atoms with E-state index in [0.29, 0.717) is 19.8 Å². The molecular formula is C11H14ClN3O2. The van der Waals surface area contributed by atoms with Gasteiger partial charge in [0.05, 0.1) is 25.6 Å². The highest BCUT2D eigenvalue weighted by atomic mass is 35.5. The Hall–Kier alpha value is -1.46. The van der Waals surface area contributed by atoms with Gasteiger partial charge in [0, 0.05) is 6.54 Å². The van der Waals surface area contributed by atoms with Gasteiger partial charge in [0.25, 0.3) is 5.91 Å². The second kappa shape index (κ2) is 6.98.